The Morgan fingerprint density at radius 3 is 2.38 bits per heavy atom. The quantitative estimate of drug-likeness (QED) is 0.585. The first-order valence-corrected chi connectivity index (χ1v) is 7.79. The zero-order valence-corrected chi connectivity index (χ0v) is 14.8. The Labute approximate surface area is 151 Å². The summed E-state index contributed by atoms with van der Waals surface area (Å²) >= 11 is 0. The maximum absolute atomic E-state index is 12.2. The summed E-state index contributed by atoms with van der Waals surface area (Å²) in [4.78, 5) is 28.2. The third-order valence-electron chi connectivity index (χ3n) is 3.31. The van der Waals surface area contributed by atoms with Crippen LogP contribution >= 0.6 is 0 Å². The van der Waals surface area contributed by atoms with E-state index >= 15 is 0 Å². The number of carbonyl (C=O) groups is 2. The summed E-state index contributed by atoms with van der Waals surface area (Å²) in [5.41, 5.74) is 3.19. The van der Waals surface area contributed by atoms with Crippen LogP contribution in [0.5, 0.6) is 11.5 Å². The van der Waals surface area contributed by atoms with Gasteiger partial charge in [-0.05, 0) is 31.2 Å². The van der Waals surface area contributed by atoms with Crippen molar-refractivity contribution in [1.82, 2.24) is 10.4 Å². The van der Waals surface area contributed by atoms with E-state index in [0.717, 1.165) is 0 Å². The maximum Gasteiger partial charge on any atom is 0.271 e. The average molecular weight is 356 g/mol. The fourth-order valence-electron chi connectivity index (χ4n) is 2.04. The van der Waals surface area contributed by atoms with Gasteiger partial charge in [-0.15, -0.1) is 0 Å². The van der Waals surface area contributed by atoms with E-state index in [0.29, 0.717) is 28.6 Å². The van der Waals surface area contributed by atoms with E-state index in [1.807, 2.05) is 0 Å². The lowest BCUT2D eigenvalue weighted by molar-refractivity contribution is -0.115. The molecular formula is C18H20N4O4. The molecule has 1 aromatic carbocycles. The Morgan fingerprint density at radius 2 is 1.81 bits per heavy atom. The molecule has 0 bridgehead atoms. The van der Waals surface area contributed by atoms with Gasteiger partial charge < -0.3 is 14.8 Å². The largest absolute Gasteiger partial charge is 0.497 e. The molecule has 0 saturated heterocycles. The summed E-state index contributed by atoms with van der Waals surface area (Å²) in [5, 5.41) is 6.59. The molecule has 0 saturated carbocycles. The normalized spacial score (nSPS) is 10.8. The number of nitrogens with zero attached hydrogens (tertiary/aromatic N) is 2. The Bertz CT molecular complexity index is 784. The summed E-state index contributed by atoms with van der Waals surface area (Å²) in [7, 11) is 3.00. The van der Waals surface area contributed by atoms with E-state index in [2.05, 4.69) is 20.8 Å². The molecule has 0 radical (unpaired) electrons. The number of hydrazone groups is 1. The molecule has 0 atom stereocenters. The number of anilines is 1. The van der Waals surface area contributed by atoms with Gasteiger partial charge in [0.05, 0.1) is 20.6 Å². The second-order valence-corrected chi connectivity index (χ2v) is 5.33. The van der Waals surface area contributed by atoms with Crippen LogP contribution in [0.2, 0.25) is 0 Å². The first kappa shape index (κ1) is 18.9. The van der Waals surface area contributed by atoms with E-state index in [9.17, 15) is 9.59 Å². The molecule has 2 N–H and O–H groups in total. The number of carbonyl (C=O) groups excluding carboxylic acids is 2. The van der Waals surface area contributed by atoms with Gasteiger partial charge in [-0.25, -0.2) is 10.4 Å². The first-order chi connectivity index (χ1) is 12.5. The third kappa shape index (κ3) is 5.59. The van der Waals surface area contributed by atoms with E-state index in [1.165, 1.54) is 14.2 Å². The van der Waals surface area contributed by atoms with Crippen molar-refractivity contribution >= 4 is 23.3 Å². The number of benzene rings is 1. The minimum absolute atomic E-state index is 0.0261. The van der Waals surface area contributed by atoms with Gasteiger partial charge in [-0.1, -0.05) is 6.07 Å². The van der Waals surface area contributed by atoms with Gasteiger partial charge in [0, 0.05) is 23.5 Å². The summed E-state index contributed by atoms with van der Waals surface area (Å²) in [6.07, 6.45) is 1.61. The van der Waals surface area contributed by atoms with Gasteiger partial charge in [0.15, 0.2) is 0 Å². The maximum atomic E-state index is 12.2. The number of hydrogen-bond acceptors (Lipinski definition) is 6. The van der Waals surface area contributed by atoms with Crippen LogP contribution in [0, 0.1) is 0 Å². The van der Waals surface area contributed by atoms with E-state index in [-0.39, 0.29) is 12.3 Å². The molecule has 26 heavy (non-hydrogen) atoms. The predicted molar refractivity (Wildman–Crippen MR) is 97.6 cm³/mol. The molecule has 136 valence electrons. The van der Waals surface area contributed by atoms with Crippen molar-refractivity contribution in [2.75, 3.05) is 19.5 Å². The second-order valence-electron chi connectivity index (χ2n) is 5.33. The van der Waals surface area contributed by atoms with Gasteiger partial charge in [0.2, 0.25) is 5.91 Å². The molecule has 8 nitrogen and oxygen atoms in total. The topological polar surface area (TPSA) is 102 Å². The fourth-order valence-corrected chi connectivity index (χ4v) is 2.04. The Kier molecular flexibility index (Phi) is 6.67. The van der Waals surface area contributed by atoms with Crippen LogP contribution in [0.25, 0.3) is 0 Å². The van der Waals surface area contributed by atoms with Gasteiger partial charge in [0.1, 0.15) is 17.3 Å². The molecule has 1 aromatic heterocycles. The van der Waals surface area contributed by atoms with E-state index < -0.39 is 5.91 Å². The fraction of sp³-hybridized carbons (Fsp3) is 0.222. The van der Waals surface area contributed by atoms with E-state index in [1.54, 1.807) is 49.5 Å². The SMILES string of the molecule is COc1cc(OC)cc(C(=O)NN=C(C)CC(=O)Nc2ccccn2)c1. The monoisotopic (exact) mass is 356 g/mol. The van der Waals surface area contributed by atoms with Crippen LogP contribution in [-0.4, -0.2) is 36.7 Å². The molecular weight excluding hydrogens is 336 g/mol. The average Bonchev–Trinajstić information content (AvgIpc) is 2.66. The second kappa shape index (κ2) is 9.16. The lowest BCUT2D eigenvalue weighted by Gasteiger charge is -2.08. The van der Waals surface area contributed by atoms with Crippen molar-refractivity contribution in [3.63, 3.8) is 0 Å². The number of nitrogens with one attached hydrogen (secondary N) is 2. The standard InChI is InChI=1S/C18H20N4O4/c1-12(8-17(23)20-16-6-4-5-7-19-16)21-22-18(24)13-9-14(25-2)11-15(10-13)26-3/h4-7,9-11H,8H2,1-3H3,(H,22,24)(H,19,20,23). The van der Waals surface area contributed by atoms with Crippen molar-refractivity contribution in [2.24, 2.45) is 5.10 Å². The molecule has 0 aliphatic carbocycles. The zero-order chi connectivity index (χ0) is 18.9. The predicted octanol–water partition coefficient (Wildman–Crippen LogP) is 2.23. The van der Waals surface area contributed by atoms with Gasteiger partial charge in [-0.2, -0.15) is 5.10 Å². The van der Waals surface area contributed by atoms with Crippen LogP contribution < -0.4 is 20.2 Å². The Hall–Kier alpha value is -3.42. The minimum atomic E-state index is -0.438. The molecule has 1 heterocycles. The van der Waals surface area contributed by atoms with Crippen molar-refractivity contribution < 1.29 is 19.1 Å². The van der Waals surface area contributed by atoms with Crippen molar-refractivity contribution in [3.05, 3.63) is 48.2 Å². The molecule has 0 aliphatic heterocycles. The van der Waals surface area contributed by atoms with E-state index in [4.69, 9.17) is 9.47 Å². The molecule has 0 spiro atoms. The molecule has 2 amide bonds. The molecule has 0 unspecified atom stereocenters. The highest BCUT2D eigenvalue weighted by atomic mass is 16.5. The highest BCUT2D eigenvalue weighted by molar-refractivity contribution is 6.05. The lowest BCUT2D eigenvalue weighted by atomic mass is 10.2. The smallest absolute Gasteiger partial charge is 0.271 e. The van der Waals surface area contributed by atoms with Crippen LogP contribution in [0.4, 0.5) is 5.82 Å². The minimum Gasteiger partial charge on any atom is -0.497 e. The van der Waals surface area contributed by atoms with Gasteiger partial charge in [-0.3, -0.25) is 9.59 Å². The van der Waals surface area contributed by atoms with Crippen LogP contribution in [-0.2, 0) is 4.79 Å². The number of aromatic nitrogens is 1. The number of methoxy groups -OCH3 is 2. The highest BCUT2D eigenvalue weighted by Gasteiger charge is 2.10. The Morgan fingerprint density at radius 1 is 1.12 bits per heavy atom. The van der Waals surface area contributed by atoms with Crippen LogP contribution in [0.3, 0.4) is 0 Å². The van der Waals surface area contributed by atoms with Crippen LogP contribution in [0.1, 0.15) is 23.7 Å². The number of pyridine rings is 1. The molecule has 0 aliphatic rings. The molecule has 8 heteroatoms. The molecule has 2 aromatic rings. The summed E-state index contributed by atoms with van der Waals surface area (Å²) in [6.45, 7) is 1.64. The highest BCUT2D eigenvalue weighted by Crippen LogP contribution is 2.22. The zero-order valence-electron chi connectivity index (χ0n) is 14.8. The van der Waals surface area contributed by atoms with Crippen molar-refractivity contribution in [2.45, 2.75) is 13.3 Å². The number of hydrogen-bond donors (Lipinski definition) is 2. The molecule has 2 rings (SSSR count). The van der Waals surface area contributed by atoms with Gasteiger partial charge >= 0.3 is 0 Å². The Balaban J connectivity index is 1.95. The lowest BCUT2D eigenvalue weighted by Crippen LogP contribution is -2.21. The number of ether oxygens (including phenoxy) is 2. The number of amides is 2. The third-order valence-corrected chi connectivity index (χ3v) is 3.31. The number of rotatable bonds is 7. The van der Waals surface area contributed by atoms with Crippen molar-refractivity contribution in [3.8, 4) is 11.5 Å². The first-order valence-electron chi connectivity index (χ1n) is 7.79. The van der Waals surface area contributed by atoms with Crippen molar-refractivity contribution in [1.29, 1.82) is 0 Å². The van der Waals surface area contributed by atoms with Crippen LogP contribution in [0.15, 0.2) is 47.7 Å². The molecule has 0 fully saturated rings. The summed E-state index contributed by atoms with van der Waals surface area (Å²) in [6, 6.07) is 10.0. The summed E-state index contributed by atoms with van der Waals surface area (Å²) < 4.78 is 10.3. The van der Waals surface area contributed by atoms with Gasteiger partial charge in [0.25, 0.3) is 5.91 Å². The summed E-state index contributed by atoms with van der Waals surface area (Å²) in [5.74, 6) is 0.724.